The summed E-state index contributed by atoms with van der Waals surface area (Å²) in [5.41, 5.74) is 0.280. The molecule has 10 heteroatoms. The van der Waals surface area contributed by atoms with Gasteiger partial charge in [-0.05, 0) is 64.3 Å². The fraction of sp³-hybridized carbons (Fsp3) is 0.600. The van der Waals surface area contributed by atoms with Crippen LogP contribution in [0.5, 0.6) is 5.75 Å². The molecule has 0 N–H and O–H groups in total. The molecule has 3 amide bonds. The summed E-state index contributed by atoms with van der Waals surface area (Å²) in [6, 6.07) is 6.69. The number of esters is 1. The van der Waals surface area contributed by atoms with Crippen LogP contribution in [0, 0.1) is 0 Å². The minimum atomic E-state index is -0.623. The maximum Gasteiger partial charge on any atom is 0.409 e. The van der Waals surface area contributed by atoms with Crippen molar-refractivity contribution in [1.82, 2.24) is 14.7 Å². The number of hydrogen-bond acceptors (Lipinski definition) is 7. The Labute approximate surface area is 206 Å². The zero-order valence-corrected chi connectivity index (χ0v) is 20.7. The van der Waals surface area contributed by atoms with Crippen LogP contribution in [0.4, 0.5) is 4.79 Å². The highest BCUT2D eigenvalue weighted by atomic mass is 16.6. The monoisotopic (exact) mass is 489 g/mol. The topological polar surface area (TPSA) is 106 Å². The van der Waals surface area contributed by atoms with E-state index >= 15 is 0 Å². The number of nitrogens with zero attached hydrogens (tertiary/aromatic N) is 3. The third-order valence-electron chi connectivity index (χ3n) is 6.42. The number of ether oxygens (including phenoxy) is 3. The Balaban J connectivity index is 1.41. The first kappa shape index (κ1) is 26.3. The molecule has 0 spiro atoms. The van der Waals surface area contributed by atoms with Gasteiger partial charge < -0.3 is 28.9 Å². The standard InChI is InChI=1S/C25H35N3O7/c1-4-33-25(32)27-14-12-26(13-15-27)22(29)16-35-24(31)20-8-10-21(11-9-20)34-17-23(30)28-18(2)6-5-7-19(28)3/h8-11,18-19H,4-7,12-17H2,1-3H3/t18-,19-/m0/s1. The Kier molecular flexibility index (Phi) is 9.33. The Bertz CT molecular complexity index is 887. The van der Waals surface area contributed by atoms with Gasteiger partial charge in [0.2, 0.25) is 0 Å². The third-order valence-corrected chi connectivity index (χ3v) is 6.42. The van der Waals surface area contributed by atoms with Gasteiger partial charge in [-0.2, -0.15) is 0 Å². The lowest BCUT2D eigenvalue weighted by atomic mass is 9.97. The van der Waals surface area contributed by atoms with Crippen LogP contribution in [0.1, 0.15) is 50.4 Å². The van der Waals surface area contributed by atoms with Gasteiger partial charge >= 0.3 is 12.1 Å². The van der Waals surface area contributed by atoms with Crippen molar-refractivity contribution < 1.29 is 33.4 Å². The zero-order valence-electron chi connectivity index (χ0n) is 20.7. The lowest BCUT2D eigenvalue weighted by Gasteiger charge is -2.38. The van der Waals surface area contributed by atoms with Gasteiger partial charge in [0.15, 0.2) is 13.2 Å². The zero-order chi connectivity index (χ0) is 25.4. The van der Waals surface area contributed by atoms with E-state index < -0.39 is 12.1 Å². The van der Waals surface area contributed by atoms with E-state index in [0.717, 1.165) is 19.3 Å². The molecule has 35 heavy (non-hydrogen) atoms. The largest absolute Gasteiger partial charge is 0.484 e. The molecule has 192 valence electrons. The lowest BCUT2D eigenvalue weighted by Crippen LogP contribution is -2.51. The Morgan fingerprint density at radius 1 is 0.829 bits per heavy atom. The van der Waals surface area contributed by atoms with E-state index in [1.165, 1.54) is 12.1 Å². The van der Waals surface area contributed by atoms with Gasteiger partial charge in [-0.1, -0.05) is 0 Å². The summed E-state index contributed by atoms with van der Waals surface area (Å²) in [7, 11) is 0. The van der Waals surface area contributed by atoms with Gasteiger partial charge in [0.25, 0.3) is 11.8 Å². The molecule has 0 saturated carbocycles. The second-order valence-corrected chi connectivity index (χ2v) is 8.89. The molecule has 0 aliphatic carbocycles. The molecule has 2 atom stereocenters. The van der Waals surface area contributed by atoms with E-state index in [0.29, 0.717) is 38.5 Å². The quantitative estimate of drug-likeness (QED) is 0.541. The fourth-order valence-electron chi connectivity index (χ4n) is 4.47. The SMILES string of the molecule is CCOC(=O)N1CCN(C(=O)COC(=O)c2ccc(OCC(=O)N3[C@@H](C)CCC[C@@H]3C)cc2)CC1. The average Bonchev–Trinajstić information content (AvgIpc) is 2.86. The van der Waals surface area contributed by atoms with E-state index in [4.69, 9.17) is 14.2 Å². The van der Waals surface area contributed by atoms with Crippen molar-refractivity contribution in [1.29, 1.82) is 0 Å². The van der Waals surface area contributed by atoms with Crippen LogP contribution in [0.3, 0.4) is 0 Å². The van der Waals surface area contributed by atoms with Crippen LogP contribution < -0.4 is 4.74 Å². The van der Waals surface area contributed by atoms with Crippen molar-refractivity contribution in [3.63, 3.8) is 0 Å². The minimum Gasteiger partial charge on any atom is -0.484 e. The summed E-state index contributed by atoms with van der Waals surface area (Å²) in [5, 5.41) is 0. The number of carbonyl (C=O) groups is 4. The average molecular weight is 490 g/mol. The summed E-state index contributed by atoms with van der Waals surface area (Å²) in [6.07, 6.45) is 2.74. The van der Waals surface area contributed by atoms with Crippen molar-refractivity contribution in [2.75, 3.05) is 46.0 Å². The van der Waals surface area contributed by atoms with E-state index in [1.807, 2.05) is 4.90 Å². The van der Waals surface area contributed by atoms with Crippen LogP contribution in [0.2, 0.25) is 0 Å². The fourth-order valence-corrected chi connectivity index (χ4v) is 4.47. The van der Waals surface area contributed by atoms with Crippen molar-refractivity contribution in [3.8, 4) is 5.75 Å². The van der Waals surface area contributed by atoms with Crippen LogP contribution in [0.25, 0.3) is 0 Å². The first-order valence-electron chi connectivity index (χ1n) is 12.2. The Morgan fingerprint density at radius 3 is 2.03 bits per heavy atom. The number of piperidine rings is 1. The maximum absolute atomic E-state index is 12.6. The summed E-state index contributed by atoms with van der Waals surface area (Å²) in [5.74, 6) is -0.513. The molecule has 0 aromatic heterocycles. The van der Waals surface area contributed by atoms with Crippen LogP contribution >= 0.6 is 0 Å². The molecule has 2 aliphatic rings. The molecule has 10 nitrogen and oxygen atoms in total. The van der Waals surface area contributed by atoms with Gasteiger partial charge in [0.05, 0.1) is 12.2 Å². The minimum absolute atomic E-state index is 0.0465. The normalized spacial score (nSPS) is 20.3. The van der Waals surface area contributed by atoms with E-state index in [-0.39, 0.29) is 42.7 Å². The maximum atomic E-state index is 12.6. The van der Waals surface area contributed by atoms with Crippen LogP contribution in [0.15, 0.2) is 24.3 Å². The molecule has 1 aromatic carbocycles. The highest BCUT2D eigenvalue weighted by molar-refractivity contribution is 5.91. The predicted molar refractivity (Wildman–Crippen MR) is 127 cm³/mol. The Hall–Kier alpha value is -3.30. The van der Waals surface area contributed by atoms with Gasteiger partial charge in [-0.3, -0.25) is 9.59 Å². The summed E-state index contributed by atoms with van der Waals surface area (Å²) >= 11 is 0. The molecule has 0 unspecified atom stereocenters. The number of piperazine rings is 1. The number of carbonyl (C=O) groups excluding carboxylic acids is 4. The van der Waals surface area contributed by atoms with E-state index in [9.17, 15) is 19.2 Å². The molecule has 0 radical (unpaired) electrons. The number of hydrogen-bond donors (Lipinski definition) is 0. The summed E-state index contributed by atoms with van der Waals surface area (Å²) in [4.78, 5) is 54.0. The molecule has 2 saturated heterocycles. The molecule has 2 fully saturated rings. The molecule has 2 aliphatic heterocycles. The molecular weight excluding hydrogens is 454 g/mol. The van der Waals surface area contributed by atoms with Crippen molar-refractivity contribution in [2.45, 2.75) is 52.1 Å². The summed E-state index contributed by atoms with van der Waals surface area (Å²) < 4.78 is 15.8. The van der Waals surface area contributed by atoms with E-state index in [1.54, 1.807) is 28.9 Å². The van der Waals surface area contributed by atoms with E-state index in [2.05, 4.69) is 13.8 Å². The smallest absolute Gasteiger partial charge is 0.409 e. The molecule has 0 bridgehead atoms. The van der Waals surface area contributed by atoms with Crippen molar-refractivity contribution in [3.05, 3.63) is 29.8 Å². The molecule has 3 rings (SSSR count). The van der Waals surface area contributed by atoms with Gasteiger partial charge in [0.1, 0.15) is 5.75 Å². The number of amides is 3. The highest BCUT2D eigenvalue weighted by Crippen LogP contribution is 2.23. The third kappa shape index (κ3) is 7.10. The number of benzene rings is 1. The van der Waals surface area contributed by atoms with Gasteiger partial charge in [-0.15, -0.1) is 0 Å². The summed E-state index contributed by atoms with van der Waals surface area (Å²) in [6.45, 7) is 7.18. The second-order valence-electron chi connectivity index (χ2n) is 8.89. The highest BCUT2D eigenvalue weighted by Gasteiger charge is 2.29. The predicted octanol–water partition coefficient (Wildman–Crippen LogP) is 2.31. The first-order valence-corrected chi connectivity index (χ1v) is 12.2. The number of likely N-dealkylation sites (tertiary alicyclic amines) is 1. The van der Waals surface area contributed by atoms with Crippen LogP contribution in [-0.2, 0) is 19.1 Å². The molecule has 2 heterocycles. The van der Waals surface area contributed by atoms with Crippen molar-refractivity contribution >= 4 is 23.9 Å². The number of rotatable bonds is 7. The van der Waals surface area contributed by atoms with Gasteiger partial charge in [0, 0.05) is 38.3 Å². The van der Waals surface area contributed by atoms with Gasteiger partial charge in [-0.25, -0.2) is 9.59 Å². The van der Waals surface area contributed by atoms with Crippen LogP contribution in [-0.4, -0.2) is 96.7 Å². The van der Waals surface area contributed by atoms with Crippen molar-refractivity contribution in [2.24, 2.45) is 0 Å². The first-order chi connectivity index (χ1) is 16.8. The lowest BCUT2D eigenvalue weighted by molar-refractivity contribution is -0.139. The molecule has 1 aromatic rings. The Morgan fingerprint density at radius 2 is 1.43 bits per heavy atom. The molecular formula is C25H35N3O7. The second kappa shape index (κ2) is 12.4.